The van der Waals surface area contributed by atoms with Gasteiger partial charge >= 0.3 is 0 Å². The Morgan fingerprint density at radius 3 is 2.78 bits per heavy atom. The monoisotopic (exact) mass is 248 g/mol. The minimum absolute atomic E-state index is 0.124. The first-order chi connectivity index (χ1) is 8.54. The van der Waals surface area contributed by atoms with Gasteiger partial charge in [0.05, 0.1) is 12.6 Å². The van der Waals surface area contributed by atoms with Gasteiger partial charge in [0, 0.05) is 24.6 Å². The van der Waals surface area contributed by atoms with Crippen molar-refractivity contribution < 1.29 is 9.18 Å². The Morgan fingerprint density at radius 2 is 2.22 bits per heavy atom. The largest absolute Gasteiger partial charge is 0.293 e. The smallest absolute Gasteiger partial charge is 0.176 e. The third kappa shape index (κ3) is 4.27. The summed E-state index contributed by atoms with van der Waals surface area (Å²) in [7, 11) is 0. The van der Waals surface area contributed by atoms with Crippen molar-refractivity contribution in [3.63, 3.8) is 0 Å². The van der Waals surface area contributed by atoms with Crippen molar-refractivity contribution in [2.24, 2.45) is 0 Å². The Balaban J connectivity index is 2.69. The van der Waals surface area contributed by atoms with Gasteiger partial charge in [-0.3, -0.25) is 9.69 Å². The summed E-state index contributed by atoms with van der Waals surface area (Å²) in [6, 6.07) is 7.92. The standard InChI is InChI=1S/C14H17FN2O/c1-11(2)17(8-4-7-16)10-14(18)12-5-3-6-13(15)9-12/h3,5-6,9,11H,4,8,10H2,1-2H3. The summed E-state index contributed by atoms with van der Waals surface area (Å²) in [5.74, 6) is -0.532. The topological polar surface area (TPSA) is 44.1 Å². The summed E-state index contributed by atoms with van der Waals surface area (Å²) < 4.78 is 13.0. The molecule has 96 valence electrons. The molecule has 3 nitrogen and oxygen atoms in total. The number of rotatable bonds is 6. The number of benzene rings is 1. The molecule has 0 radical (unpaired) electrons. The molecule has 0 unspecified atom stereocenters. The summed E-state index contributed by atoms with van der Waals surface area (Å²) in [6.45, 7) is 4.70. The van der Waals surface area contributed by atoms with Crippen LogP contribution >= 0.6 is 0 Å². The van der Waals surface area contributed by atoms with Crippen LogP contribution < -0.4 is 0 Å². The van der Waals surface area contributed by atoms with E-state index in [1.54, 1.807) is 6.07 Å². The molecule has 0 saturated heterocycles. The molecule has 0 spiro atoms. The van der Waals surface area contributed by atoms with Crippen molar-refractivity contribution in [1.82, 2.24) is 4.90 Å². The zero-order valence-corrected chi connectivity index (χ0v) is 10.7. The highest BCUT2D eigenvalue weighted by Crippen LogP contribution is 2.07. The fourth-order valence-corrected chi connectivity index (χ4v) is 1.65. The van der Waals surface area contributed by atoms with Gasteiger partial charge in [0.1, 0.15) is 5.82 Å². The number of hydrogen-bond donors (Lipinski definition) is 0. The van der Waals surface area contributed by atoms with Crippen LogP contribution in [-0.2, 0) is 0 Å². The Labute approximate surface area is 107 Å². The Bertz CT molecular complexity index is 451. The second-order valence-corrected chi connectivity index (χ2v) is 4.41. The van der Waals surface area contributed by atoms with Gasteiger partial charge in [-0.1, -0.05) is 12.1 Å². The predicted molar refractivity (Wildman–Crippen MR) is 67.7 cm³/mol. The van der Waals surface area contributed by atoms with Crippen LogP contribution in [0.5, 0.6) is 0 Å². The zero-order valence-electron chi connectivity index (χ0n) is 10.7. The van der Waals surface area contributed by atoms with E-state index in [1.807, 2.05) is 18.7 Å². The molecule has 1 rings (SSSR count). The lowest BCUT2D eigenvalue weighted by molar-refractivity contribution is 0.0907. The van der Waals surface area contributed by atoms with E-state index >= 15 is 0 Å². The molecule has 18 heavy (non-hydrogen) atoms. The van der Waals surface area contributed by atoms with Crippen LogP contribution in [0.2, 0.25) is 0 Å². The molecule has 1 aromatic rings. The third-order valence-corrected chi connectivity index (χ3v) is 2.73. The van der Waals surface area contributed by atoms with Crippen molar-refractivity contribution in [3.05, 3.63) is 35.6 Å². The summed E-state index contributed by atoms with van der Waals surface area (Å²) >= 11 is 0. The van der Waals surface area contributed by atoms with Crippen molar-refractivity contribution >= 4 is 5.78 Å². The fraction of sp³-hybridized carbons (Fsp3) is 0.429. The molecule has 0 N–H and O–H groups in total. The van der Waals surface area contributed by atoms with Crippen LogP contribution in [0.15, 0.2) is 24.3 Å². The predicted octanol–water partition coefficient (Wildman–Crippen LogP) is 2.63. The van der Waals surface area contributed by atoms with Gasteiger partial charge < -0.3 is 0 Å². The van der Waals surface area contributed by atoms with Gasteiger partial charge in [-0.05, 0) is 26.0 Å². The van der Waals surface area contributed by atoms with Crippen LogP contribution in [0, 0.1) is 17.1 Å². The fourth-order valence-electron chi connectivity index (χ4n) is 1.65. The minimum Gasteiger partial charge on any atom is -0.293 e. The second-order valence-electron chi connectivity index (χ2n) is 4.41. The maximum atomic E-state index is 13.0. The number of nitrogens with zero attached hydrogens (tertiary/aromatic N) is 2. The molecule has 4 heteroatoms. The molecule has 0 bridgehead atoms. The molecule has 0 fully saturated rings. The minimum atomic E-state index is -0.408. The number of Topliss-reactive ketones (excluding diaryl/α,β-unsaturated/α-hetero) is 1. The summed E-state index contributed by atoms with van der Waals surface area (Å²) in [6.07, 6.45) is 0.384. The number of hydrogen-bond acceptors (Lipinski definition) is 3. The molecule has 0 aliphatic carbocycles. The summed E-state index contributed by atoms with van der Waals surface area (Å²) in [5, 5.41) is 8.57. The number of carbonyl (C=O) groups is 1. The van der Waals surface area contributed by atoms with Crippen LogP contribution in [0.3, 0.4) is 0 Å². The Morgan fingerprint density at radius 1 is 1.50 bits per heavy atom. The molecule has 0 amide bonds. The molecular weight excluding hydrogens is 231 g/mol. The first kappa shape index (κ1) is 14.3. The van der Waals surface area contributed by atoms with Gasteiger partial charge in [-0.15, -0.1) is 0 Å². The quantitative estimate of drug-likeness (QED) is 0.727. The highest BCUT2D eigenvalue weighted by molar-refractivity contribution is 5.97. The third-order valence-electron chi connectivity index (χ3n) is 2.73. The molecular formula is C14H17FN2O. The van der Waals surface area contributed by atoms with E-state index in [-0.39, 0.29) is 18.4 Å². The average Bonchev–Trinajstić information content (AvgIpc) is 2.33. The number of carbonyl (C=O) groups excluding carboxylic acids is 1. The molecule has 0 aliphatic heterocycles. The van der Waals surface area contributed by atoms with E-state index < -0.39 is 5.82 Å². The van der Waals surface area contributed by atoms with Crippen molar-refractivity contribution in [2.45, 2.75) is 26.3 Å². The van der Waals surface area contributed by atoms with Crippen LogP contribution in [0.25, 0.3) is 0 Å². The van der Waals surface area contributed by atoms with Crippen molar-refractivity contribution in [3.8, 4) is 6.07 Å². The zero-order chi connectivity index (χ0) is 13.5. The van der Waals surface area contributed by atoms with Crippen LogP contribution in [0.4, 0.5) is 4.39 Å². The summed E-state index contributed by atoms with van der Waals surface area (Å²) in [5.41, 5.74) is 0.373. The van der Waals surface area contributed by atoms with E-state index in [4.69, 9.17) is 5.26 Å². The maximum absolute atomic E-state index is 13.0. The average molecular weight is 248 g/mol. The van der Waals surface area contributed by atoms with Gasteiger partial charge in [0.15, 0.2) is 5.78 Å². The number of halogens is 1. The molecule has 0 atom stereocenters. The lowest BCUT2D eigenvalue weighted by Gasteiger charge is -2.24. The van der Waals surface area contributed by atoms with Gasteiger partial charge in [-0.2, -0.15) is 5.26 Å². The summed E-state index contributed by atoms with van der Waals surface area (Å²) in [4.78, 5) is 13.9. The lowest BCUT2D eigenvalue weighted by Crippen LogP contribution is -2.36. The first-order valence-electron chi connectivity index (χ1n) is 5.94. The Kier molecular flexibility index (Phi) is 5.47. The molecule has 0 aromatic heterocycles. The first-order valence-corrected chi connectivity index (χ1v) is 5.94. The SMILES string of the molecule is CC(C)N(CCC#N)CC(=O)c1cccc(F)c1. The van der Waals surface area contributed by atoms with E-state index in [9.17, 15) is 9.18 Å². The van der Waals surface area contributed by atoms with E-state index in [0.29, 0.717) is 18.5 Å². The number of ketones is 1. The highest BCUT2D eigenvalue weighted by atomic mass is 19.1. The van der Waals surface area contributed by atoms with E-state index in [0.717, 1.165) is 0 Å². The highest BCUT2D eigenvalue weighted by Gasteiger charge is 2.15. The molecule has 0 heterocycles. The lowest BCUT2D eigenvalue weighted by atomic mass is 10.1. The van der Waals surface area contributed by atoms with Gasteiger partial charge in [0.25, 0.3) is 0 Å². The number of nitriles is 1. The molecule has 0 aliphatic rings. The second kappa shape index (κ2) is 6.87. The van der Waals surface area contributed by atoms with E-state index in [2.05, 4.69) is 6.07 Å². The van der Waals surface area contributed by atoms with Crippen LogP contribution in [0.1, 0.15) is 30.6 Å². The molecule has 1 aromatic carbocycles. The Hall–Kier alpha value is -1.73. The molecule has 0 saturated carbocycles. The maximum Gasteiger partial charge on any atom is 0.176 e. The van der Waals surface area contributed by atoms with Crippen molar-refractivity contribution in [1.29, 1.82) is 5.26 Å². The van der Waals surface area contributed by atoms with Gasteiger partial charge in [0.2, 0.25) is 0 Å². The van der Waals surface area contributed by atoms with Crippen LogP contribution in [-0.4, -0.2) is 29.8 Å². The van der Waals surface area contributed by atoms with E-state index in [1.165, 1.54) is 18.2 Å². The normalized spacial score (nSPS) is 10.7. The van der Waals surface area contributed by atoms with Crippen molar-refractivity contribution in [2.75, 3.05) is 13.1 Å². The van der Waals surface area contributed by atoms with Gasteiger partial charge in [-0.25, -0.2) is 4.39 Å².